The zero-order valence-corrected chi connectivity index (χ0v) is 21.1. The molecule has 8 nitrogen and oxygen atoms in total. The number of hydrogen-bond acceptors (Lipinski definition) is 7. The fraction of sp³-hybridized carbons (Fsp3) is 0.259. The molecule has 186 valence electrons. The second-order valence-electron chi connectivity index (χ2n) is 8.15. The number of esters is 1. The molecule has 0 fully saturated rings. The van der Waals surface area contributed by atoms with Crippen molar-refractivity contribution < 1.29 is 28.7 Å². The molecule has 0 saturated heterocycles. The van der Waals surface area contributed by atoms with Crippen LogP contribution in [0.4, 0.5) is 5.00 Å². The summed E-state index contributed by atoms with van der Waals surface area (Å²) in [4.78, 5) is 52.5. The van der Waals surface area contributed by atoms with Crippen LogP contribution in [-0.4, -0.2) is 48.9 Å². The molecule has 1 aromatic heterocycles. The van der Waals surface area contributed by atoms with E-state index in [1.54, 1.807) is 24.3 Å². The number of methoxy groups -OCH3 is 1. The van der Waals surface area contributed by atoms with Crippen LogP contribution in [0, 0.1) is 6.92 Å². The fourth-order valence-electron chi connectivity index (χ4n) is 4.19. The Morgan fingerprint density at radius 3 is 2.22 bits per heavy atom. The number of amides is 3. The van der Waals surface area contributed by atoms with E-state index in [1.165, 1.54) is 18.4 Å². The number of hydrogen-bond donors (Lipinski definition) is 1. The summed E-state index contributed by atoms with van der Waals surface area (Å²) >= 11 is 1.29. The minimum Gasteiger partial charge on any atom is -0.494 e. The van der Waals surface area contributed by atoms with E-state index in [0.717, 1.165) is 21.1 Å². The van der Waals surface area contributed by atoms with Gasteiger partial charge in [0.2, 0.25) is 5.91 Å². The van der Waals surface area contributed by atoms with Gasteiger partial charge in [0.25, 0.3) is 11.8 Å². The topological polar surface area (TPSA) is 102 Å². The molecule has 0 unspecified atom stereocenters. The van der Waals surface area contributed by atoms with Crippen LogP contribution in [-0.2, 0) is 9.53 Å². The molecule has 2 aromatic carbocycles. The second kappa shape index (κ2) is 10.7. The highest BCUT2D eigenvalue weighted by Crippen LogP contribution is 2.41. The predicted octanol–water partition coefficient (Wildman–Crippen LogP) is 4.92. The maximum Gasteiger partial charge on any atom is 0.341 e. The molecule has 3 aromatic rings. The zero-order valence-electron chi connectivity index (χ0n) is 20.3. The Balaban J connectivity index is 1.46. The molecule has 36 heavy (non-hydrogen) atoms. The summed E-state index contributed by atoms with van der Waals surface area (Å²) in [5.74, 6) is -0.850. The van der Waals surface area contributed by atoms with Crippen LogP contribution in [0.3, 0.4) is 0 Å². The van der Waals surface area contributed by atoms with Gasteiger partial charge in [0.15, 0.2) is 0 Å². The van der Waals surface area contributed by atoms with Crippen LogP contribution in [0.15, 0.2) is 48.5 Å². The summed E-state index contributed by atoms with van der Waals surface area (Å²) in [7, 11) is 1.30. The third-order valence-corrected chi connectivity index (χ3v) is 6.87. The molecule has 2 heterocycles. The lowest BCUT2D eigenvalue weighted by molar-refractivity contribution is -0.116. The van der Waals surface area contributed by atoms with E-state index in [2.05, 4.69) is 5.32 Å². The van der Waals surface area contributed by atoms with Crippen molar-refractivity contribution in [1.82, 2.24) is 4.90 Å². The number of fused-ring (bicyclic) bond motifs is 1. The van der Waals surface area contributed by atoms with Gasteiger partial charge in [-0.1, -0.05) is 24.3 Å². The third-order valence-electron chi connectivity index (χ3n) is 5.84. The largest absolute Gasteiger partial charge is 0.494 e. The Hall–Kier alpha value is -3.98. The van der Waals surface area contributed by atoms with E-state index in [1.807, 2.05) is 38.1 Å². The summed E-state index contributed by atoms with van der Waals surface area (Å²) in [6.45, 7) is 4.46. The number of rotatable bonds is 9. The van der Waals surface area contributed by atoms with Gasteiger partial charge in [-0.05, 0) is 50.1 Å². The van der Waals surface area contributed by atoms with Crippen molar-refractivity contribution in [2.24, 2.45) is 0 Å². The zero-order chi connectivity index (χ0) is 25.8. The first-order chi connectivity index (χ1) is 17.3. The van der Waals surface area contributed by atoms with Gasteiger partial charge in [-0.15, -0.1) is 11.3 Å². The third kappa shape index (κ3) is 4.87. The lowest BCUT2D eigenvalue weighted by Gasteiger charge is -2.13. The van der Waals surface area contributed by atoms with E-state index in [0.29, 0.717) is 34.7 Å². The van der Waals surface area contributed by atoms with E-state index < -0.39 is 5.97 Å². The Labute approximate surface area is 212 Å². The molecular formula is C27H26N2O6S. The lowest BCUT2D eigenvalue weighted by Crippen LogP contribution is -2.31. The Morgan fingerprint density at radius 2 is 1.64 bits per heavy atom. The van der Waals surface area contributed by atoms with Crippen molar-refractivity contribution in [2.75, 3.05) is 25.6 Å². The number of carbonyl (C=O) groups excluding carboxylic acids is 4. The highest BCUT2D eigenvalue weighted by molar-refractivity contribution is 7.17. The van der Waals surface area contributed by atoms with Gasteiger partial charge in [-0.25, -0.2) is 4.79 Å². The van der Waals surface area contributed by atoms with Crippen molar-refractivity contribution in [3.63, 3.8) is 0 Å². The van der Waals surface area contributed by atoms with Gasteiger partial charge in [0.1, 0.15) is 16.3 Å². The molecular weight excluding hydrogens is 480 g/mol. The van der Waals surface area contributed by atoms with Crippen LogP contribution < -0.4 is 10.1 Å². The first-order valence-electron chi connectivity index (χ1n) is 11.6. The number of carbonyl (C=O) groups is 4. The van der Waals surface area contributed by atoms with Gasteiger partial charge in [0.05, 0.1) is 24.8 Å². The maximum absolute atomic E-state index is 12.7. The highest BCUT2D eigenvalue weighted by Gasteiger charge is 2.34. The van der Waals surface area contributed by atoms with E-state index in [9.17, 15) is 19.2 Å². The number of ether oxygens (including phenoxy) is 2. The average molecular weight is 507 g/mol. The van der Waals surface area contributed by atoms with Gasteiger partial charge < -0.3 is 14.8 Å². The summed E-state index contributed by atoms with van der Waals surface area (Å²) in [5.41, 5.74) is 2.55. The molecule has 3 amide bonds. The first kappa shape index (κ1) is 25.1. The summed E-state index contributed by atoms with van der Waals surface area (Å²) < 4.78 is 10.5. The maximum atomic E-state index is 12.7. The molecule has 4 rings (SSSR count). The van der Waals surface area contributed by atoms with E-state index >= 15 is 0 Å². The van der Waals surface area contributed by atoms with Crippen LogP contribution in [0.1, 0.15) is 55.7 Å². The quantitative estimate of drug-likeness (QED) is 0.326. The smallest absolute Gasteiger partial charge is 0.341 e. The number of thiophene rings is 1. The van der Waals surface area contributed by atoms with E-state index in [4.69, 9.17) is 9.47 Å². The van der Waals surface area contributed by atoms with Crippen LogP contribution in [0.25, 0.3) is 11.1 Å². The molecule has 0 bridgehead atoms. The van der Waals surface area contributed by atoms with E-state index in [-0.39, 0.29) is 36.3 Å². The molecule has 0 spiro atoms. The normalized spacial score (nSPS) is 12.5. The molecule has 0 radical (unpaired) electrons. The average Bonchev–Trinajstić information content (AvgIpc) is 3.32. The first-order valence-corrected chi connectivity index (χ1v) is 12.4. The molecule has 1 aliphatic rings. The van der Waals surface area contributed by atoms with Crippen LogP contribution in [0.5, 0.6) is 5.75 Å². The fourth-order valence-corrected chi connectivity index (χ4v) is 5.27. The Bertz CT molecular complexity index is 1290. The minimum atomic E-state index is -0.551. The van der Waals surface area contributed by atoms with Crippen molar-refractivity contribution in [2.45, 2.75) is 26.7 Å². The summed E-state index contributed by atoms with van der Waals surface area (Å²) in [6, 6.07) is 14.0. The SMILES string of the molecule is CCOc1ccc(-c2c(C)sc(NC(=O)CCCN3C(=O)c4ccccc4C3=O)c2C(=O)OC)cc1. The van der Waals surface area contributed by atoms with Gasteiger partial charge in [0, 0.05) is 23.4 Å². The molecule has 1 aliphatic heterocycles. The van der Waals surface area contributed by atoms with Crippen molar-refractivity contribution in [1.29, 1.82) is 0 Å². The number of nitrogens with zero attached hydrogens (tertiary/aromatic N) is 1. The molecule has 0 aliphatic carbocycles. The summed E-state index contributed by atoms with van der Waals surface area (Å²) in [5, 5.41) is 3.22. The molecule has 0 atom stereocenters. The lowest BCUT2D eigenvalue weighted by atomic mass is 10.0. The van der Waals surface area contributed by atoms with Gasteiger partial charge in [-0.2, -0.15) is 0 Å². The monoisotopic (exact) mass is 506 g/mol. The summed E-state index contributed by atoms with van der Waals surface area (Å²) in [6.07, 6.45) is 0.365. The molecule has 9 heteroatoms. The van der Waals surface area contributed by atoms with Crippen LogP contribution >= 0.6 is 11.3 Å². The standard InChI is InChI=1S/C27H26N2O6S/c1-4-35-18-13-11-17(12-14-18)22-16(2)36-24(23(22)27(33)34-3)28-21(30)10-7-15-29-25(31)19-8-5-6-9-20(19)26(29)32/h5-6,8-9,11-14H,4,7,10,15H2,1-3H3,(H,28,30). The van der Waals surface area contributed by atoms with Gasteiger partial charge in [-0.3, -0.25) is 19.3 Å². The van der Waals surface area contributed by atoms with Crippen molar-refractivity contribution in [3.8, 4) is 16.9 Å². The number of benzene rings is 2. The molecule has 0 saturated carbocycles. The second-order valence-corrected chi connectivity index (χ2v) is 9.37. The number of nitrogens with one attached hydrogen (secondary N) is 1. The predicted molar refractivity (Wildman–Crippen MR) is 137 cm³/mol. The minimum absolute atomic E-state index is 0.0728. The number of anilines is 1. The number of aryl methyl sites for hydroxylation is 1. The van der Waals surface area contributed by atoms with Gasteiger partial charge >= 0.3 is 5.97 Å². The molecule has 1 N–H and O–H groups in total. The van der Waals surface area contributed by atoms with Crippen LogP contribution in [0.2, 0.25) is 0 Å². The Morgan fingerprint density at radius 1 is 1.00 bits per heavy atom. The Kier molecular flexibility index (Phi) is 7.49. The van der Waals surface area contributed by atoms with Crippen molar-refractivity contribution >= 4 is 40.0 Å². The van der Waals surface area contributed by atoms with Crippen molar-refractivity contribution in [3.05, 3.63) is 70.1 Å². The highest BCUT2D eigenvalue weighted by atomic mass is 32.1. The number of imide groups is 1.